The molecule has 0 unspecified atom stereocenters. The van der Waals surface area contributed by atoms with E-state index in [9.17, 15) is 4.79 Å². The molecule has 0 amide bonds. The van der Waals surface area contributed by atoms with E-state index >= 15 is 0 Å². The number of pyridine rings is 2. The fraction of sp³-hybridized carbons (Fsp3) is 0. The Balaban J connectivity index is 0.00000169. The van der Waals surface area contributed by atoms with Gasteiger partial charge in [-0.15, -0.1) is 12.4 Å². The normalized spacial score (nSPS) is 10.3. The molecule has 0 aliphatic carbocycles. The average molecular weight is 336 g/mol. The zero-order chi connectivity index (χ0) is 15.6. The number of benzene rings is 1. The van der Waals surface area contributed by atoms with Gasteiger partial charge >= 0.3 is 0 Å². The largest absolute Gasteiger partial charge is 0.298 e. The number of nitrogens with zero attached hydrogens (tertiary/aromatic N) is 3. The maximum absolute atomic E-state index is 12.9. The standard InChI is InChI=1S/C19H13N3O.ClH/c23-19(14-8-2-1-3-9-14)17-18(15-10-4-6-12-20-15)22-13-7-5-11-16(22)21-17;/h1-13H;1H. The quantitative estimate of drug-likeness (QED) is 0.531. The van der Waals surface area contributed by atoms with E-state index in [1.807, 2.05) is 65.2 Å². The van der Waals surface area contributed by atoms with Crippen LogP contribution in [0.15, 0.2) is 79.1 Å². The minimum atomic E-state index is -0.102. The molecule has 0 spiro atoms. The first-order valence-corrected chi connectivity index (χ1v) is 7.33. The zero-order valence-corrected chi connectivity index (χ0v) is 13.5. The van der Waals surface area contributed by atoms with Crippen molar-refractivity contribution < 1.29 is 4.79 Å². The number of fused-ring (bicyclic) bond motifs is 1. The summed E-state index contributed by atoms with van der Waals surface area (Å²) in [4.78, 5) is 21.8. The highest BCUT2D eigenvalue weighted by Gasteiger charge is 2.21. The van der Waals surface area contributed by atoms with E-state index in [4.69, 9.17) is 0 Å². The fourth-order valence-electron chi connectivity index (χ4n) is 2.63. The first-order valence-electron chi connectivity index (χ1n) is 7.33. The van der Waals surface area contributed by atoms with Crippen molar-refractivity contribution >= 4 is 23.8 Å². The highest BCUT2D eigenvalue weighted by Crippen LogP contribution is 2.25. The van der Waals surface area contributed by atoms with E-state index in [2.05, 4.69) is 9.97 Å². The first-order chi connectivity index (χ1) is 11.3. The van der Waals surface area contributed by atoms with Crippen molar-refractivity contribution in [1.82, 2.24) is 14.4 Å². The summed E-state index contributed by atoms with van der Waals surface area (Å²) >= 11 is 0. The minimum Gasteiger partial charge on any atom is -0.298 e. The summed E-state index contributed by atoms with van der Waals surface area (Å²) in [5, 5.41) is 0. The zero-order valence-electron chi connectivity index (χ0n) is 12.7. The molecule has 4 nitrogen and oxygen atoms in total. The van der Waals surface area contributed by atoms with E-state index in [1.54, 1.807) is 18.3 Å². The van der Waals surface area contributed by atoms with Gasteiger partial charge < -0.3 is 0 Å². The molecule has 1 aromatic carbocycles. The third-order valence-corrected chi connectivity index (χ3v) is 3.69. The van der Waals surface area contributed by atoms with Crippen LogP contribution in [0, 0.1) is 0 Å². The van der Waals surface area contributed by atoms with Crippen LogP contribution in [-0.4, -0.2) is 20.2 Å². The number of hydrogen-bond acceptors (Lipinski definition) is 3. The Morgan fingerprint density at radius 1 is 0.875 bits per heavy atom. The minimum absolute atomic E-state index is 0. The Labute approximate surface area is 145 Å². The molecule has 4 aromatic rings. The molecule has 0 N–H and O–H groups in total. The highest BCUT2D eigenvalue weighted by molar-refractivity contribution is 6.11. The summed E-state index contributed by atoms with van der Waals surface area (Å²) in [7, 11) is 0. The van der Waals surface area contributed by atoms with Crippen LogP contribution in [0.1, 0.15) is 16.1 Å². The van der Waals surface area contributed by atoms with Gasteiger partial charge in [-0.2, -0.15) is 0 Å². The Morgan fingerprint density at radius 3 is 2.38 bits per heavy atom. The summed E-state index contributed by atoms with van der Waals surface area (Å²) in [6.45, 7) is 0. The lowest BCUT2D eigenvalue weighted by molar-refractivity contribution is 0.103. The lowest BCUT2D eigenvalue weighted by Crippen LogP contribution is -2.04. The summed E-state index contributed by atoms with van der Waals surface area (Å²) in [6.07, 6.45) is 3.61. The molecule has 5 heteroatoms. The summed E-state index contributed by atoms with van der Waals surface area (Å²) in [6, 6.07) is 20.5. The van der Waals surface area contributed by atoms with Gasteiger partial charge in [0.05, 0.1) is 5.69 Å². The average Bonchev–Trinajstić information content (AvgIpc) is 3.02. The van der Waals surface area contributed by atoms with Gasteiger partial charge in [0.1, 0.15) is 17.0 Å². The number of rotatable bonds is 3. The van der Waals surface area contributed by atoms with Gasteiger partial charge in [-0.3, -0.25) is 14.2 Å². The molecule has 3 aromatic heterocycles. The molecule has 118 valence electrons. The summed E-state index contributed by atoms with van der Waals surface area (Å²) in [5.74, 6) is -0.102. The molecule has 0 aliphatic heterocycles. The molecule has 4 rings (SSSR count). The van der Waals surface area contributed by atoms with Gasteiger partial charge in [0.25, 0.3) is 0 Å². The molecule has 0 aliphatic rings. The molecule has 0 fully saturated rings. The second kappa shape index (κ2) is 6.64. The molecular weight excluding hydrogens is 322 g/mol. The van der Waals surface area contributed by atoms with E-state index in [1.165, 1.54) is 0 Å². The monoisotopic (exact) mass is 335 g/mol. The Bertz CT molecular complexity index is 981. The molecule has 0 radical (unpaired) electrons. The number of halogens is 1. The van der Waals surface area contributed by atoms with Crippen molar-refractivity contribution in [2.24, 2.45) is 0 Å². The van der Waals surface area contributed by atoms with Crippen LogP contribution in [0.2, 0.25) is 0 Å². The number of imidazole rings is 1. The number of carbonyl (C=O) groups excluding carboxylic acids is 1. The van der Waals surface area contributed by atoms with Crippen molar-refractivity contribution in [2.75, 3.05) is 0 Å². The molecule has 0 saturated carbocycles. The number of aromatic nitrogens is 3. The molecule has 0 bridgehead atoms. The highest BCUT2D eigenvalue weighted by atomic mass is 35.5. The van der Waals surface area contributed by atoms with Crippen LogP contribution in [0.5, 0.6) is 0 Å². The first kappa shape index (κ1) is 15.9. The predicted molar refractivity (Wildman–Crippen MR) is 95.5 cm³/mol. The van der Waals surface area contributed by atoms with E-state index in [-0.39, 0.29) is 18.2 Å². The van der Waals surface area contributed by atoms with Crippen LogP contribution < -0.4 is 0 Å². The van der Waals surface area contributed by atoms with Gasteiger partial charge in [0.2, 0.25) is 5.78 Å². The van der Waals surface area contributed by atoms with E-state index < -0.39 is 0 Å². The lowest BCUT2D eigenvalue weighted by Gasteiger charge is -2.04. The Morgan fingerprint density at radius 2 is 1.62 bits per heavy atom. The third-order valence-electron chi connectivity index (χ3n) is 3.69. The molecule has 0 atom stereocenters. The van der Waals surface area contributed by atoms with Gasteiger partial charge in [-0.1, -0.05) is 42.5 Å². The topological polar surface area (TPSA) is 47.3 Å². The van der Waals surface area contributed by atoms with Crippen molar-refractivity contribution in [3.63, 3.8) is 0 Å². The smallest absolute Gasteiger partial charge is 0.213 e. The molecule has 0 saturated heterocycles. The van der Waals surface area contributed by atoms with Crippen LogP contribution in [-0.2, 0) is 0 Å². The third kappa shape index (κ3) is 2.68. The summed E-state index contributed by atoms with van der Waals surface area (Å²) in [5.41, 5.74) is 3.21. The van der Waals surface area contributed by atoms with E-state index in [0.717, 1.165) is 17.0 Å². The maximum atomic E-state index is 12.9. The van der Waals surface area contributed by atoms with Crippen LogP contribution in [0.3, 0.4) is 0 Å². The van der Waals surface area contributed by atoms with Gasteiger partial charge in [0.15, 0.2) is 0 Å². The van der Waals surface area contributed by atoms with Crippen molar-refractivity contribution in [3.8, 4) is 11.4 Å². The molecule has 3 heterocycles. The van der Waals surface area contributed by atoms with Gasteiger partial charge in [-0.05, 0) is 24.3 Å². The number of ketones is 1. The van der Waals surface area contributed by atoms with Gasteiger partial charge in [-0.25, -0.2) is 4.98 Å². The van der Waals surface area contributed by atoms with Crippen molar-refractivity contribution in [2.45, 2.75) is 0 Å². The number of hydrogen-bond donors (Lipinski definition) is 0. The number of carbonyl (C=O) groups is 1. The van der Waals surface area contributed by atoms with Crippen LogP contribution in [0.4, 0.5) is 0 Å². The SMILES string of the molecule is Cl.O=C(c1ccccc1)c1nc2ccccn2c1-c1ccccn1. The van der Waals surface area contributed by atoms with Crippen molar-refractivity contribution in [1.29, 1.82) is 0 Å². The Hall–Kier alpha value is -2.98. The second-order valence-electron chi connectivity index (χ2n) is 5.15. The van der Waals surface area contributed by atoms with E-state index in [0.29, 0.717) is 11.3 Å². The Kier molecular flexibility index (Phi) is 4.40. The summed E-state index contributed by atoms with van der Waals surface area (Å²) < 4.78 is 1.90. The van der Waals surface area contributed by atoms with Crippen molar-refractivity contribution in [3.05, 3.63) is 90.4 Å². The fourth-order valence-corrected chi connectivity index (χ4v) is 2.63. The predicted octanol–water partition coefficient (Wildman–Crippen LogP) is 4.05. The maximum Gasteiger partial charge on any atom is 0.213 e. The van der Waals surface area contributed by atoms with Gasteiger partial charge in [0, 0.05) is 18.0 Å². The molecular formula is C19H14ClN3O. The molecule has 24 heavy (non-hydrogen) atoms. The van der Waals surface area contributed by atoms with Crippen LogP contribution in [0.25, 0.3) is 17.0 Å². The van der Waals surface area contributed by atoms with Crippen LogP contribution >= 0.6 is 12.4 Å². The lowest BCUT2D eigenvalue weighted by atomic mass is 10.1. The second-order valence-corrected chi connectivity index (χ2v) is 5.15.